The summed E-state index contributed by atoms with van der Waals surface area (Å²) in [4.78, 5) is 22.7. The maximum absolute atomic E-state index is 11.5. The third-order valence-corrected chi connectivity index (χ3v) is 3.50. The van der Waals surface area contributed by atoms with Crippen LogP contribution in [0, 0.1) is 5.21 Å². The summed E-state index contributed by atoms with van der Waals surface area (Å²) in [5.41, 5.74) is 0. The van der Waals surface area contributed by atoms with Gasteiger partial charge in [0.05, 0.1) is 6.61 Å². The number of hydrogen-bond acceptors (Lipinski definition) is 4. The molecule has 1 rings (SSSR count). The van der Waals surface area contributed by atoms with Crippen LogP contribution >= 0.6 is 0 Å². The van der Waals surface area contributed by atoms with Gasteiger partial charge in [-0.3, -0.25) is 4.79 Å². The maximum Gasteiger partial charge on any atom is 0.328 e. The Morgan fingerprint density at radius 1 is 1.33 bits per heavy atom. The molecule has 21 heavy (non-hydrogen) atoms. The summed E-state index contributed by atoms with van der Waals surface area (Å²) in [6, 6.07) is -0.610. The van der Waals surface area contributed by atoms with E-state index < -0.39 is 17.9 Å². The first-order valence-electron chi connectivity index (χ1n) is 7.89. The van der Waals surface area contributed by atoms with Crippen molar-refractivity contribution in [2.45, 2.75) is 64.3 Å². The number of nitrogens with zero attached hydrogens (tertiary/aromatic N) is 1. The molecular formula is C15H26N2O4. The van der Waals surface area contributed by atoms with Gasteiger partial charge in [0, 0.05) is 12.8 Å². The molecule has 1 saturated heterocycles. The summed E-state index contributed by atoms with van der Waals surface area (Å²) >= 11 is 0. The van der Waals surface area contributed by atoms with E-state index in [9.17, 15) is 14.8 Å². The molecular weight excluding hydrogens is 272 g/mol. The Morgan fingerprint density at radius 2 is 2.00 bits per heavy atom. The molecule has 0 radical (unpaired) electrons. The lowest BCUT2D eigenvalue weighted by atomic mass is 10.1. The Kier molecular flexibility index (Phi) is 8.47. The van der Waals surface area contributed by atoms with Crippen molar-refractivity contribution >= 4 is 18.1 Å². The lowest BCUT2D eigenvalue weighted by Gasteiger charge is -2.07. The molecule has 1 aliphatic heterocycles. The van der Waals surface area contributed by atoms with Crippen LogP contribution in [-0.2, 0) is 14.3 Å². The minimum atomic E-state index is -0.610. The number of hydrogen-bond donors (Lipinski definition) is 1. The summed E-state index contributed by atoms with van der Waals surface area (Å²) in [7, 11) is 0. The molecule has 1 N–H and O–H groups in total. The zero-order valence-electron chi connectivity index (χ0n) is 12.8. The second kappa shape index (κ2) is 10.2. The fourth-order valence-corrected chi connectivity index (χ4v) is 2.26. The molecule has 1 atom stereocenters. The Morgan fingerprint density at radius 3 is 2.62 bits per heavy atom. The smallest absolute Gasteiger partial charge is 0.328 e. The Bertz CT molecular complexity index is 369. The molecule has 6 heteroatoms. The van der Waals surface area contributed by atoms with Gasteiger partial charge in [-0.15, -0.1) is 0 Å². The molecule has 0 unspecified atom stereocenters. The first-order chi connectivity index (χ1) is 10.1. The number of carbonyl (C=O) groups is 2. The quantitative estimate of drug-likeness (QED) is 0.166. The lowest BCUT2D eigenvalue weighted by molar-refractivity contribution is -0.452. The van der Waals surface area contributed by atoms with E-state index in [0.717, 1.165) is 25.5 Å². The zero-order chi connectivity index (χ0) is 15.5. The number of unbranched alkanes of at least 4 members (excludes halogenated alkanes) is 6. The summed E-state index contributed by atoms with van der Waals surface area (Å²) < 4.78 is 5.37. The highest BCUT2D eigenvalue weighted by molar-refractivity contribution is 6.24. The van der Waals surface area contributed by atoms with Gasteiger partial charge in [0.1, 0.15) is 6.04 Å². The highest BCUT2D eigenvalue weighted by Gasteiger charge is 2.28. The molecule has 1 heterocycles. The van der Waals surface area contributed by atoms with Gasteiger partial charge in [-0.2, -0.15) is 0 Å². The van der Waals surface area contributed by atoms with Crippen LogP contribution in [0.25, 0.3) is 0 Å². The van der Waals surface area contributed by atoms with Gasteiger partial charge >= 0.3 is 11.9 Å². The number of hydroxylamine groups is 1. The molecule has 0 saturated carbocycles. The number of carbonyl (C=O) groups excluding carboxylic acids is 2. The number of esters is 1. The van der Waals surface area contributed by atoms with Gasteiger partial charge in [0.2, 0.25) is 6.21 Å². The number of amides is 1. The van der Waals surface area contributed by atoms with E-state index in [1.807, 2.05) is 0 Å². The van der Waals surface area contributed by atoms with Crippen LogP contribution < -0.4 is 5.32 Å². The normalized spacial score (nSPS) is 18.6. The van der Waals surface area contributed by atoms with E-state index in [1.54, 1.807) is 0 Å². The van der Waals surface area contributed by atoms with Crippen molar-refractivity contribution in [3.63, 3.8) is 0 Å². The molecule has 0 bridgehead atoms. The molecule has 0 aromatic rings. The molecule has 0 spiro atoms. The maximum atomic E-state index is 11.5. The molecule has 1 fully saturated rings. The molecule has 6 nitrogen and oxygen atoms in total. The van der Waals surface area contributed by atoms with Gasteiger partial charge in [-0.25, -0.2) is 9.53 Å². The average molecular weight is 298 g/mol. The van der Waals surface area contributed by atoms with E-state index in [2.05, 4.69) is 12.2 Å². The number of rotatable bonds is 10. The first kappa shape index (κ1) is 17.5. The molecule has 0 aromatic carbocycles. The summed E-state index contributed by atoms with van der Waals surface area (Å²) in [5, 5.41) is 14.0. The van der Waals surface area contributed by atoms with Crippen LogP contribution in [0.15, 0.2) is 0 Å². The van der Waals surface area contributed by atoms with E-state index in [1.165, 1.54) is 25.7 Å². The van der Waals surface area contributed by atoms with Gasteiger partial charge < -0.3 is 15.3 Å². The molecule has 1 aliphatic rings. The van der Waals surface area contributed by atoms with Crippen molar-refractivity contribution in [1.29, 1.82) is 0 Å². The molecule has 1 amide bonds. The molecule has 0 aromatic heterocycles. The van der Waals surface area contributed by atoms with Crippen LogP contribution in [0.3, 0.4) is 0 Å². The van der Waals surface area contributed by atoms with Crippen molar-refractivity contribution < 1.29 is 19.1 Å². The fraction of sp³-hybridized carbons (Fsp3) is 0.800. The first-order valence-corrected chi connectivity index (χ1v) is 7.89. The van der Waals surface area contributed by atoms with Crippen molar-refractivity contribution in [3.05, 3.63) is 5.21 Å². The standard InChI is InChI=1S/C15H26N2O4/c1-2-3-4-5-6-7-8-10-17(20)12-14(18)16-13-9-11-21-15(13)19/h12-13H,2-11H2,1H3,(H,16,18)/b17-12-/t13-/m0/s1. The monoisotopic (exact) mass is 298 g/mol. The fourth-order valence-electron chi connectivity index (χ4n) is 2.26. The van der Waals surface area contributed by atoms with E-state index in [4.69, 9.17) is 4.74 Å². The SMILES string of the molecule is CCCCCCCCC/[N+]([O-])=C/C(=O)N[C@H]1CCOC1=O. The van der Waals surface area contributed by atoms with Crippen molar-refractivity contribution in [3.8, 4) is 0 Å². The second-order valence-corrected chi connectivity index (χ2v) is 5.41. The number of nitrogens with one attached hydrogen (secondary N) is 1. The Labute approximate surface area is 126 Å². The summed E-state index contributed by atoms with van der Waals surface area (Å²) in [6.45, 7) is 2.82. The highest BCUT2D eigenvalue weighted by Crippen LogP contribution is 2.07. The summed E-state index contributed by atoms with van der Waals surface area (Å²) in [5.74, 6) is -0.960. The van der Waals surface area contributed by atoms with Gasteiger partial charge in [0.25, 0.3) is 0 Å². The van der Waals surface area contributed by atoms with Gasteiger partial charge in [-0.1, -0.05) is 39.0 Å². The van der Waals surface area contributed by atoms with Crippen molar-refractivity contribution in [1.82, 2.24) is 5.32 Å². The largest absolute Gasteiger partial charge is 0.624 e. The van der Waals surface area contributed by atoms with Crippen molar-refractivity contribution in [2.75, 3.05) is 13.2 Å². The zero-order valence-corrected chi connectivity index (χ0v) is 12.8. The van der Waals surface area contributed by atoms with Crippen LogP contribution in [0.2, 0.25) is 0 Å². The van der Waals surface area contributed by atoms with E-state index in [-0.39, 0.29) is 0 Å². The van der Waals surface area contributed by atoms with Gasteiger partial charge in [-0.05, 0) is 6.42 Å². The van der Waals surface area contributed by atoms with E-state index in [0.29, 0.717) is 24.3 Å². The van der Waals surface area contributed by atoms with Gasteiger partial charge in [0.15, 0.2) is 6.54 Å². The third-order valence-electron chi connectivity index (χ3n) is 3.50. The Balaban J connectivity index is 2.11. The van der Waals surface area contributed by atoms with Crippen molar-refractivity contribution in [2.24, 2.45) is 0 Å². The third kappa shape index (κ3) is 7.68. The lowest BCUT2D eigenvalue weighted by Crippen LogP contribution is -2.39. The van der Waals surface area contributed by atoms with Crippen LogP contribution in [0.5, 0.6) is 0 Å². The minimum absolute atomic E-state index is 0.316. The van der Waals surface area contributed by atoms with Crippen LogP contribution in [-0.4, -0.2) is 42.0 Å². The molecule has 0 aliphatic carbocycles. The summed E-state index contributed by atoms with van der Waals surface area (Å²) in [6.07, 6.45) is 9.33. The van der Waals surface area contributed by atoms with E-state index >= 15 is 0 Å². The predicted octanol–water partition coefficient (Wildman–Crippen LogP) is 1.75. The Hall–Kier alpha value is -1.59. The average Bonchev–Trinajstić information content (AvgIpc) is 2.83. The second-order valence-electron chi connectivity index (χ2n) is 5.41. The van der Waals surface area contributed by atoms with Crippen LogP contribution in [0.1, 0.15) is 58.3 Å². The number of cyclic esters (lactones) is 1. The van der Waals surface area contributed by atoms with Crippen LogP contribution in [0.4, 0.5) is 0 Å². The minimum Gasteiger partial charge on any atom is -0.624 e. The highest BCUT2D eigenvalue weighted by atomic mass is 16.5. The molecule has 120 valence electrons. The topological polar surface area (TPSA) is 81.5 Å². The predicted molar refractivity (Wildman–Crippen MR) is 80.1 cm³/mol. The number of ether oxygens (including phenoxy) is 1.